The molecule has 0 aliphatic heterocycles. The van der Waals surface area contributed by atoms with Crippen LogP contribution in [0.1, 0.15) is 74.6 Å². The quantitative estimate of drug-likeness (QED) is 0.312. The van der Waals surface area contributed by atoms with Crippen LogP contribution in [0.15, 0.2) is 30.3 Å². The first-order chi connectivity index (χ1) is 10.7. The van der Waals surface area contributed by atoms with Gasteiger partial charge in [-0.15, -0.1) is 0 Å². The summed E-state index contributed by atoms with van der Waals surface area (Å²) in [5.74, 6) is 0.145. The highest BCUT2D eigenvalue weighted by Crippen LogP contribution is 2.12. The van der Waals surface area contributed by atoms with Crippen LogP contribution in [0.4, 0.5) is 0 Å². The Morgan fingerprint density at radius 3 is 1.82 bits per heavy atom. The predicted octanol–water partition coefficient (Wildman–Crippen LogP) is 4.94. The van der Waals surface area contributed by atoms with E-state index in [0.29, 0.717) is 12.8 Å². The van der Waals surface area contributed by atoms with Gasteiger partial charge in [-0.05, 0) is 12.8 Å². The van der Waals surface area contributed by atoms with Crippen molar-refractivity contribution in [2.75, 3.05) is 7.11 Å². The largest absolute Gasteiger partial charge is 0.469 e. The number of ketones is 1. The molecule has 0 amide bonds. The van der Waals surface area contributed by atoms with Crippen LogP contribution in [-0.2, 0) is 9.53 Å². The van der Waals surface area contributed by atoms with Crippen LogP contribution >= 0.6 is 0 Å². The van der Waals surface area contributed by atoms with Gasteiger partial charge in [0.2, 0.25) is 0 Å². The van der Waals surface area contributed by atoms with Crippen molar-refractivity contribution in [2.45, 2.75) is 64.2 Å². The second-order valence-corrected chi connectivity index (χ2v) is 5.69. The van der Waals surface area contributed by atoms with Gasteiger partial charge in [0.05, 0.1) is 7.11 Å². The van der Waals surface area contributed by atoms with E-state index in [1.165, 1.54) is 32.8 Å². The number of unbranched alkanes of at least 4 members (excludes halogenated alkanes) is 7. The average Bonchev–Trinajstić information content (AvgIpc) is 2.56. The number of Topliss-reactive ketones (excluding diaryl/α,β-unsaturated/α-hetero) is 1. The van der Waals surface area contributed by atoms with E-state index < -0.39 is 0 Å². The second-order valence-electron chi connectivity index (χ2n) is 5.69. The molecule has 22 heavy (non-hydrogen) atoms. The van der Waals surface area contributed by atoms with Crippen LogP contribution in [-0.4, -0.2) is 18.9 Å². The first-order valence-electron chi connectivity index (χ1n) is 8.39. The number of hydrogen-bond donors (Lipinski definition) is 0. The Labute approximate surface area is 134 Å². The van der Waals surface area contributed by atoms with Crippen molar-refractivity contribution >= 4 is 11.8 Å². The molecule has 0 aromatic heterocycles. The number of hydrogen-bond acceptors (Lipinski definition) is 3. The number of ether oxygens (including phenoxy) is 1. The number of carbonyl (C=O) groups is 2. The molecule has 122 valence electrons. The molecule has 0 atom stereocenters. The van der Waals surface area contributed by atoms with Crippen molar-refractivity contribution in [1.82, 2.24) is 0 Å². The number of carbonyl (C=O) groups excluding carboxylic acids is 2. The van der Waals surface area contributed by atoms with Gasteiger partial charge in [-0.2, -0.15) is 0 Å². The van der Waals surface area contributed by atoms with Crippen LogP contribution in [0, 0.1) is 0 Å². The zero-order valence-corrected chi connectivity index (χ0v) is 13.7. The van der Waals surface area contributed by atoms with E-state index in [-0.39, 0.29) is 11.8 Å². The lowest BCUT2D eigenvalue weighted by molar-refractivity contribution is -0.140. The highest BCUT2D eigenvalue weighted by Gasteiger charge is 2.04. The van der Waals surface area contributed by atoms with E-state index >= 15 is 0 Å². The molecule has 0 unspecified atom stereocenters. The first-order valence-corrected chi connectivity index (χ1v) is 8.39. The van der Waals surface area contributed by atoms with E-state index in [4.69, 9.17) is 0 Å². The first kappa shape index (κ1) is 18.4. The van der Waals surface area contributed by atoms with Crippen molar-refractivity contribution < 1.29 is 14.3 Å². The molecule has 1 rings (SSSR count). The number of benzene rings is 1. The fourth-order valence-corrected chi connectivity index (χ4v) is 2.49. The summed E-state index contributed by atoms with van der Waals surface area (Å²) in [5.41, 5.74) is 0.827. The monoisotopic (exact) mass is 304 g/mol. The Kier molecular flexibility index (Phi) is 10.0. The highest BCUT2D eigenvalue weighted by atomic mass is 16.5. The van der Waals surface area contributed by atoms with E-state index in [1.54, 1.807) is 0 Å². The summed E-state index contributed by atoms with van der Waals surface area (Å²) in [5, 5.41) is 0. The third-order valence-corrected chi connectivity index (χ3v) is 3.86. The molecule has 0 fully saturated rings. The molecule has 0 aliphatic carbocycles. The maximum absolute atomic E-state index is 11.9. The summed E-state index contributed by atoms with van der Waals surface area (Å²) < 4.78 is 4.61. The molecule has 3 nitrogen and oxygen atoms in total. The van der Waals surface area contributed by atoms with Crippen molar-refractivity contribution in [2.24, 2.45) is 0 Å². The molecule has 3 heteroatoms. The topological polar surface area (TPSA) is 43.4 Å². The summed E-state index contributed by atoms with van der Waals surface area (Å²) in [6, 6.07) is 9.52. The predicted molar refractivity (Wildman–Crippen MR) is 89.0 cm³/mol. The summed E-state index contributed by atoms with van der Waals surface area (Å²) in [7, 11) is 1.44. The van der Waals surface area contributed by atoms with Gasteiger partial charge in [-0.3, -0.25) is 9.59 Å². The molecule has 1 aromatic rings. The van der Waals surface area contributed by atoms with Crippen molar-refractivity contribution in [3.63, 3.8) is 0 Å². The SMILES string of the molecule is COC(=O)CCCCCCCCCCC(=O)c1ccccc1. The average molecular weight is 304 g/mol. The normalized spacial score (nSPS) is 10.4. The molecule has 0 spiro atoms. The zero-order chi connectivity index (χ0) is 16.0. The van der Waals surface area contributed by atoms with E-state index in [9.17, 15) is 9.59 Å². The Bertz CT molecular complexity index is 426. The van der Waals surface area contributed by atoms with Crippen molar-refractivity contribution in [1.29, 1.82) is 0 Å². The van der Waals surface area contributed by atoms with E-state index in [0.717, 1.165) is 31.2 Å². The van der Waals surface area contributed by atoms with Crippen LogP contribution in [0.25, 0.3) is 0 Å². The lowest BCUT2D eigenvalue weighted by Crippen LogP contribution is -1.99. The summed E-state index contributed by atoms with van der Waals surface area (Å²) >= 11 is 0. The van der Waals surface area contributed by atoms with Gasteiger partial charge in [0.25, 0.3) is 0 Å². The van der Waals surface area contributed by atoms with Gasteiger partial charge in [0.1, 0.15) is 0 Å². The summed E-state index contributed by atoms with van der Waals surface area (Å²) in [4.78, 5) is 22.8. The zero-order valence-electron chi connectivity index (χ0n) is 13.7. The molecule has 0 saturated heterocycles. The standard InChI is InChI=1S/C19H28O3/c1-22-19(21)16-12-7-5-3-2-4-6-11-15-18(20)17-13-9-8-10-14-17/h8-10,13-14H,2-7,11-12,15-16H2,1H3. The molecule has 0 bridgehead atoms. The molecule has 0 aliphatic rings. The molecule has 0 N–H and O–H groups in total. The maximum atomic E-state index is 11.9. The smallest absolute Gasteiger partial charge is 0.305 e. The van der Waals surface area contributed by atoms with Gasteiger partial charge in [-0.1, -0.05) is 68.9 Å². The molecular formula is C19H28O3. The Morgan fingerprint density at radius 1 is 0.773 bits per heavy atom. The fraction of sp³-hybridized carbons (Fsp3) is 0.579. The van der Waals surface area contributed by atoms with Crippen LogP contribution < -0.4 is 0 Å². The van der Waals surface area contributed by atoms with Gasteiger partial charge >= 0.3 is 5.97 Å². The van der Waals surface area contributed by atoms with E-state index in [1.807, 2.05) is 30.3 Å². The van der Waals surface area contributed by atoms with Crippen molar-refractivity contribution in [3.05, 3.63) is 35.9 Å². The van der Waals surface area contributed by atoms with Gasteiger partial charge in [0.15, 0.2) is 5.78 Å². The third kappa shape index (κ3) is 8.60. The fourth-order valence-electron chi connectivity index (χ4n) is 2.49. The minimum atomic E-state index is -0.108. The molecule has 0 radical (unpaired) electrons. The lowest BCUT2D eigenvalue weighted by Gasteiger charge is -2.03. The van der Waals surface area contributed by atoms with E-state index in [2.05, 4.69) is 4.74 Å². The molecule has 0 saturated carbocycles. The van der Waals surface area contributed by atoms with Crippen molar-refractivity contribution in [3.8, 4) is 0 Å². The van der Waals surface area contributed by atoms with Gasteiger partial charge in [-0.25, -0.2) is 0 Å². The lowest BCUT2D eigenvalue weighted by atomic mass is 10.0. The van der Waals surface area contributed by atoms with Crippen LogP contribution in [0.3, 0.4) is 0 Å². The van der Waals surface area contributed by atoms with Gasteiger partial charge < -0.3 is 4.74 Å². The van der Waals surface area contributed by atoms with Crippen LogP contribution in [0.2, 0.25) is 0 Å². The third-order valence-electron chi connectivity index (χ3n) is 3.86. The Balaban J connectivity index is 1.90. The molecular weight excluding hydrogens is 276 g/mol. The van der Waals surface area contributed by atoms with Gasteiger partial charge in [0, 0.05) is 18.4 Å². The maximum Gasteiger partial charge on any atom is 0.305 e. The number of esters is 1. The summed E-state index contributed by atoms with van der Waals surface area (Å²) in [6.07, 6.45) is 10.1. The highest BCUT2D eigenvalue weighted by molar-refractivity contribution is 5.95. The molecule has 0 heterocycles. The number of methoxy groups -OCH3 is 1. The number of rotatable bonds is 12. The van der Waals surface area contributed by atoms with Crippen LogP contribution in [0.5, 0.6) is 0 Å². The second kappa shape index (κ2) is 12.0. The molecule has 1 aromatic carbocycles. The minimum Gasteiger partial charge on any atom is -0.469 e. The minimum absolute atomic E-state index is 0.108. The Hall–Kier alpha value is -1.64. The summed E-state index contributed by atoms with van der Waals surface area (Å²) in [6.45, 7) is 0. The Morgan fingerprint density at radius 2 is 1.27 bits per heavy atom.